The minimum Gasteiger partial charge on any atom is -0.339 e. The van der Waals surface area contributed by atoms with Gasteiger partial charge in [0.1, 0.15) is 5.82 Å². The maximum Gasteiger partial charge on any atom is 0.225 e. The van der Waals surface area contributed by atoms with Crippen molar-refractivity contribution in [3.05, 3.63) is 70.5 Å². The molecule has 34 heavy (non-hydrogen) atoms. The fourth-order valence-electron chi connectivity index (χ4n) is 5.93. The molecule has 1 aliphatic carbocycles. The molecule has 2 aliphatic rings. The molecular weight excluding hydrogens is 423 g/mol. The lowest BCUT2D eigenvalue weighted by Crippen LogP contribution is -2.47. The number of hydrogen-bond acceptors (Lipinski definition) is 2. The summed E-state index contributed by atoms with van der Waals surface area (Å²) in [6.45, 7) is 11.4. The summed E-state index contributed by atoms with van der Waals surface area (Å²) in [6.07, 6.45) is 5.97. The third-order valence-corrected chi connectivity index (χ3v) is 7.84. The third-order valence-electron chi connectivity index (χ3n) is 7.84. The first-order chi connectivity index (χ1) is 16.3. The molecule has 2 fully saturated rings. The smallest absolute Gasteiger partial charge is 0.225 e. The Hall–Kier alpha value is -2.20. The second kappa shape index (κ2) is 11.0. The van der Waals surface area contributed by atoms with E-state index in [1.54, 1.807) is 6.07 Å². The summed E-state index contributed by atoms with van der Waals surface area (Å²) in [4.78, 5) is 18.0. The maximum absolute atomic E-state index is 14.6. The number of hydrogen-bond donors (Lipinski definition) is 0. The van der Waals surface area contributed by atoms with Gasteiger partial charge in [-0.2, -0.15) is 0 Å². The lowest BCUT2D eigenvalue weighted by molar-refractivity contribution is -0.138. The van der Waals surface area contributed by atoms with Crippen LogP contribution in [0.1, 0.15) is 74.1 Å². The van der Waals surface area contributed by atoms with Crippen LogP contribution in [0.25, 0.3) is 0 Å². The van der Waals surface area contributed by atoms with Crippen LogP contribution in [-0.2, 0) is 11.3 Å². The molecule has 0 aromatic heterocycles. The standard InChI is InChI=1S/C30H41FN2O/c1-21(2)30(34)33(27-8-6-5-7-9-27)19-26-18-32(17-25-16-23(4)12-15-29(25)31)20-28(26)24-13-10-22(3)11-14-24/h10-16,21,26-28H,5-9,17-20H2,1-4H3/t26-,28-/m1/s1. The van der Waals surface area contributed by atoms with Gasteiger partial charge in [-0.1, -0.05) is 80.6 Å². The van der Waals surface area contributed by atoms with Gasteiger partial charge in [0.15, 0.2) is 0 Å². The number of aryl methyl sites for hydroxylation is 2. The van der Waals surface area contributed by atoms with E-state index in [0.717, 1.165) is 43.6 Å². The summed E-state index contributed by atoms with van der Waals surface area (Å²) in [7, 11) is 0. The fraction of sp³-hybridized carbons (Fsp3) is 0.567. The molecule has 1 saturated carbocycles. The van der Waals surface area contributed by atoms with Crippen LogP contribution in [0.2, 0.25) is 0 Å². The molecule has 0 bridgehead atoms. The van der Waals surface area contributed by atoms with E-state index in [1.807, 2.05) is 32.9 Å². The molecule has 2 aromatic rings. The molecule has 2 aromatic carbocycles. The van der Waals surface area contributed by atoms with Gasteiger partial charge >= 0.3 is 0 Å². The van der Waals surface area contributed by atoms with Gasteiger partial charge in [-0.05, 0) is 44.2 Å². The first-order valence-corrected chi connectivity index (χ1v) is 13.2. The maximum atomic E-state index is 14.6. The first-order valence-electron chi connectivity index (χ1n) is 13.2. The number of carbonyl (C=O) groups is 1. The predicted molar refractivity (Wildman–Crippen MR) is 137 cm³/mol. The van der Waals surface area contributed by atoms with Crippen LogP contribution in [0.3, 0.4) is 0 Å². The van der Waals surface area contributed by atoms with Crippen LogP contribution >= 0.6 is 0 Å². The number of nitrogens with zero attached hydrogens (tertiary/aromatic N) is 2. The van der Waals surface area contributed by atoms with Crippen molar-refractivity contribution in [1.29, 1.82) is 0 Å². The number of amides is 1. The van der Waals surface area contributed by atoms with E-state index in [0.29, 0.717) is 24.4 Å². The van der Waals surface area contributed by atoms with Crippen molar-refractivity contribution in [3.8, 4) is 0 Å². The molecule has 1 amide bonds. The number of likely N-dealkylation sites (tertiary alicyclic amines) is 1. The zero-order chi connectivity index (χ0) is 24.2. The Bertz CT molecular complexity index is 964. The van der Waals surface area contributed by atoms with E-state index in [9.17, 15) is 9.18 Å². The molecule has 0 radical (unpaired) electrons. The summed E-state index contributed by atoms with van der Waals surface area (Å²) in [5, 5.41) is 0. The van der Waals surface area contributed by atoms with Crippen LogP contribution in [0.4, 0.5) is 4.39 Å². The quantitative estimate of drug-likeness (QED) is 0.468. The van der Waals surface area contributed by atoms with Crippen LogP contribution in [-0.4, -0.2) is 41.4 Å². The Labute approximate surface area is 205 Å². The van der Waals surface area contributed by atoms with Crippen LogP contribution in [0, 0.1) is 31.5 Å². The molecule has 2 atom stereocenters. The van der Waals surface area contributed by atoms with Crippen molar-refractivity contribution in [2.75, 3.05) is 19.6 Å². The second-order valence-corrected chi connectivity index (χ2v) is 11.0. The molecule has 1 heterocycles. The Morgan fingerprint density at radius 1 is 1.00 bits per heavy atom. The highest BCUT2D eigenvalue weighted by Crippen LogP contribution is 2.36. The van der Waals surface area contributed by atoms with Crippen molar-refractivity contribution in [2.45, 2.75) is 78.3 Å². The van der Waals surface area contributed by atoms with E-state index in [-0.39, 0.29) is 17.6 Å². The van der Waals surface area contributed by atoms with Gasteiger partial charge in [-0.25, -0.2) is 4.39 Å². The molecule has 0 spiro atoms. The Morgan fingerprint density at radius 2 is 1.68 bits per heavy atom. The Kier molecular flexibility index (Phi) is 8.08. The second-order valence-electron chi connectivity index (χ2n) is 11.0. The first kappa shape index (κ1) is 24.9. The van der Waals surface area contributed by atoms with Crippen molar-refractivity contribution >= 4 is 5.91 Å². The number of carbonyl (C=O) groups excluding carboxylic acids is 1. The van der Waals surface area contributed by atoms with Gasteiger partial charge in [0.2, 0.25) is 5.91 Å². The minimum atomic E-state index is -0.125. The van der Waals surface area contributed by atoms with Gasteiger partial charge in [0.05, 0.1) is 0 Å². The van der Waals surface area contributed by atoms with E-state index in [2.05, 4.69) is 41.0 Å². The van der Waals surface area contributed by atoms with E-state index >= 15 is 0 Å². The van der Waals surface area contributed by atoms with Crippen LogP contribution < -0.4 is 0 Å². The fourth-order valence-corrected chi connectivity index (χ4v) is 5.93. The van der Waals surface area contributed by atoms with Crippen LogP contribution in [0.15, 0.2) is 42.5 Å². The lowest BCUT2D eigenvalue weighted by Gasteiger charge is -2.38. The molecular formula is C30H41FN2O. The molecule has 4 heteroatoms. The molecule has 1 saturated heterocycles. The summed E-state index contributed by atoms with van der Waals surface area (Å²) in [5.41, 5.74) is 4.46. The average Bonchev–Trinajstić information content (AvgIpc) is 3.22. The topological polar surface area (TPSA) is 23.6 Å². The number of halogens is 1. The Morgan fingerprint density at radius 3 is 2.35 bits per heavy atom. The summed E-state index contributed by atoms with van der Waals surface area (Å²) in [6, 6.07) is 14.6. The highest BCUT2D eigenvalue weighted by atomic mass is 19.1. The monoisotopic (exact) mass is 464 g/mol. The SMILES string of the molecule is Cc1ccc([C@H]2CN(Cc3cc(C)ccc3F)C[C@@H]2CN(C(=O)C(C)C)C2CCCCC2)cc1. The minimum absolute atomic E-state index is 0.0126. The van der Waals surface area contributed by atoms with Gasteiger partial charge in [-0.15, -0.1) is 0 Å². The summed E-state index contributed by atoms with van der Waals surface area (Å²) < 4.78 is 14.6. The van der Waals surface area contributed by atoms with Gasteiger partial charge in [0, 0.05) is 49.6 Å². The highest BCUT2D eigenvalue weighted by molar-refractivity contribution is 5.78. The summed E-state index contributed by atoms with van der Waals surface area (Å²) >= 11 is 0. The molecule has 184 valence electrons. The van der Waals surface area contributed by atoms with Gasteiger partial charge in [-0.3, -0.25) is 9.69 Å². The van der Waals surface area contributed by atoms with E-state index in [1.165, 1.54) is 30.4 Å². The number of benzene rings is 2. The average molecular weight is 465 g/mol. The Balaban J connectivity index is 1.58. The molecule has 0 unspecified atom stereocenters. The number of rotatable bonds is 7. The summed E-state index contributed by atoms with van der Waals surface area (Å²) in [5.74, 6) is 0.871. The normalized spacial score (nSPS) is 21.8. The molecule has 0 N–H and O–H groups in total. The predicted octanol–water partition coefficient (Wildman–Crippen LogP) is 6.48. The van der Waals surface area contributed by atoms with Crippen molar-refractivity contribution in [3.63, 3.8) is 0 Å². The molecule has 1 aliphatic heterocycles. The molecule has 3 nitrogen and oxygen atoms in total. The highest BCUT2D eigenvalue weighted by Gasteiger charge is 2.38. The van der Waals surface area contributed by atoms with Gasteiger partial charge < -0.3 is 4.90 Å². The zero-order valence-electron chi connectivity index (χ0n) is 21.4. The van der Waals surface area contributed by atoms with E-state index < -0.39 is 0 Å². The lowest BCUT2D eigenvalue weighted by atomic mass is 9.86. The van der Waals surface area contributed by atoms with Crippen LogP contribution in [0.5, 0.6) is 0 Å². The van der Waals surface area contributed by atoms with E-state index in [4.69, 9.17) is 0 Å². The third kappa shape index (κ3) is 5.89. The zero-order valence-corrected chi connectivity index (χ0v) is 21.4. The molecule has 4 rings (SSSR count). The van der Waals surface area contributed by atoms with Crippen molar-refractivity contribution < 1.29 is 9.18 Å². The van der Waals surface area contributed by atoms with Crippen molar-refractivity contribution in [1.82, 2.24) is 9.80 Å². The van der Waals surface area contributed by atoms with Crippen molar-refractivity contribution in [2.24, 2.45) is 11.8 Å². The van der Waals surface area contributed by atoms with Gasteiger partial charge in [0.25, 0.3) is 0 Å². The largest absolute Gasteiger partial charge is 0.339 e.